The van der Waals surface area contributed by atoms with Gasteiger partial charge in [-0.15, -0.1) is 11.3 Å². The summed E-state index contributed by atoms with van der Waals surface area (Å²) in [5.41, 5.74) is 7.79. The third kappa shape index (κ3) is 3.03. The molecule has 1 amide bonds. The van der Waals surface area contributed by atoms with Gasteiger partial charge >= 0.3 is 0 Å². The zero-order valence-corrected chi connectivity index (χ0v) is 11.4. The fourth-order valence-corrected chi connectivity index (χ4v) is 2.62. The molecule has 2 aromatic rings. The molecule has 0 aliphatic carbocycles. The van der Waals surface area contributed by atoms with E-state index in [1.54, 1.807) is 12.1 Å². The van der Waals surface area contributed by atoms with Crippen molar-refractivity contribution in [1.82, 2.24) is 5.32 Å². The summed E-state index contributed by atoms with van der Waals surface area (Å²) in [4.78, 5) is 13.0. The van der Waals surface area contributed by atoms with Crippen molar-refractivity contribution < 1.29 is 4.79 Å². The Morgan fingerprint density at radius 3 is 2.83 bits per heavy atom. The Hall–Kier alpha value is -1.52. The highest BCUT2D eigenvalue weighted by Crippen LogP contribution is 2.21. The Kier molecular flexibility index (Phi) is 3.89. The molecule has 0 aliphatic heterocycles. The normalized spacial score (nSPS) is 10.3. The number of nitrogens with two attached hydrogens (primary N) is 1. The number of hydrogen-bond acceptors (Lipinski definition) is 3. The first kappa shape index (κ1) is 12.9. The second-order valence-corrected chi connectivity index (χ2v) is 5.76. The molecule has 18 heavy (non-hydrogen) atoms. The molecule has 1 aromatic heterocycles. The minimum Gasteiger partial charge on any atom is -0.399 e. The lowest BCUT2D eigenvalue weighted by Gasteiger charge is -2.07. The van der Waals surface area contributed by atoms with Crippen LogP contribution in [0, 0.1) is 6.92 Å². The van der Waals surface area contributed by atoms with Crippen LogP contribution in [0.4, 0.5) is 5.69 Å². The Morgan fingerprint density at radius 2 is 2.17 bits per heavy atom. The Morgan fingerprint density at radius 1 is 1.39 bits per heavy atom. The van der Waals surface area contributed by atoms with Crippen LogP contribution < -0.4 is 11.1 Å². The molecule has 0 fully saturated rings. The van der Waals surface area contributed by atoms with Crippen molar-refractivity contribution in [1.29, 1.82) is 0 Å². The van der Waals surface area contributed by atoms with Gasteiger partial charge in [0.15, 0.2) is 0 Å². The molecule has 94 valence electrons. The van der Waals surface area contributed by atoms with Gasteiger partial charge in [0.05, 0.1) is 10.9 Å². The second-order valence-electron chi connectivity index (χ2n) is 3.96. The monoisotopic (exact) mass is 280 g/mol. The van der Waals surface area contributed by atoms with Crippen LogP contribution >= 0.6 is 22.9 Å². The van der Waals surface area contributed by atoms with Gasteiger partial charge in [0, 0.05) is 16.1 Å². The van der Waals surface area contributed by atoms with Gasteiger partial charge in [0.2, 0.25) is 0 Å². The van der Waals surface area contributed by atoms with Crippen molar-refractivity contribution in [3.8, 4) is 0 Å². The van der Waals surface area contributed by atoms with E-state index in [-0.39, 0.29) is 5.91 Å². The van der Waals surface area contributed by atoms with Crippen LogP contribution in [-0.2, 0) is 6.54 Å². The van der Waals surface area contributed by atoms with Crippen molar-refractivity contribution in [2.45, 2.75) is 13.5 Å². The lowest BCUT2D eigenvalue weighted by atomic mass is 10.1. The highest BCUT2D eigenvalue weighted by molar-refractivity contribution is 7.16. The summed E-state index contributed by atoms with van der Waals surface area (Å²) in [5, 5.41) is 2.85. The SMILES string of the molecule is Cc1ccc(N)cc1C(=O)NCc1ccc(Cl)s1. The average molecular weight is 281 g/mol. The number of halogens is 1. The zero-order valence-electron chi connectivity index (χ0n) is 9.87. The molecule has 0 saturated heterocycles. The van der Waals surface area contributed by atoms with Gasteiger partial charge in [-0.1, -0.05) is 17.7 Å². The molecule has 1 heterocycles. The number of carbonyl (C=O) groups excluding carboxylic acids is 1. The smallest absolute Gasteiger partial charge is 0.251 e. The summed E-state index contributed by atoms with van der Waals surface area (Å²) in [5.74, 6) is -0.121. The first-order chi connectivity index (χ1) is 8.56. The van der Waals surface area contributed by atoms with E-state index in [0.717, 1.165) is 14.8 Å². The standard InChI is InChI=1S/C13H13ClN2OS/c1-8-2-3-9(15)6-11(8)13(17)16-7-10-4-5-12(14)18-10/h2-6H,7,15H2,1H3,(H,16,17). The summed E-state index contributed by atoms with van der Waals surface area (Å²) in [6, 6.07) is 9.03. The van der Waals surface area contributed by atoms with E-state index in [1.165, 1.54) is 11.3 Å². The molecular weight excluding hydrogens is 268 g/mol. The van der Waals surface area contributed by atoms with Crippen LogP contribution in [0.3, 0.4) is 0 Å². The van der Waals surface area contributed by atoms with E-state index >= 15 is 0 Å². The van der Waals surface area contributed by atoms with Crippen molar-refractivity contribution in [2.24, 2.45) is 0 Å². The van der Waals surface area contributed by atoms with Crippen molar-refractivity contribution in [3.63, 3.8) is 0 Å². The summed E-state index contributed by atoms with van der Waals surface area (Å²) in [6.45, 7) is 2.36. The molecule has 2 rings (SSSR count). The molecule has 5 heteroatoms. The average Bonchev–Trinajstić information content (AvgIpc) is 2.75. The molecule has 0 unspecified atom stereocenters. The van der Waals surface area contributed by atoms with Gasteiger partial charge in [-0.25, -0.2) is 0 Å². The van der Waals surface area contributed by atoms with Gasteiger partial charge in [-0.2, -0.15) is 0 Å². The minimum absolute atomic E-state index is 0.121. The topological polar surface area (TPSA) is 55.1 Å². The van der Waals surface area contributed by atoms with E-state index in [2.05, 4.69) is 5.32 Å². The lowest BCUT2D eigenvalue weighted by molar-refractivity contribution is 0.0950. The van der Waals surface area contributed by atoms with E-state index in [4.69, 9.17) is 17.3 Å². The van der Waals surface area contributed by atoms with Crippen molar-refractivity contribution >= 4 is 34.5 Å². The molecule has 0 spiro atoms. The maximum Gasteiger partial charge on any atom is 0.251 e. The maximum absolute atomic E-state index is 12.0. The van der Waals surface area contributed by atoms with Gasteiger partial charge in [-0.3, -0.25) is 4.79 Å². The molecule has 3 nitrogen and oxygen atoms in total. The van der Waals surface area contributed by atoms with Gasteiger partial charge in [-0.05, 0) is 36.8 Å². The van der Waals surface area contributed by atoms with Crippen LogP contribution in [-0.4, -0.2) is 5.91 Å². The van der Waals surface area contributed by atoms with Crippen LogP contribution in [0.1, 0.15) is 20.8 Å². The number of carbonyl (C=O) groups is 1. The quantitative estimate of drug-likeness (QED) is 0.848. The van der Waals surface area contributed by atoms with Crippen LogP contribution in [0.2, 0.25) is 4.34 Å². The first-order valence-corrected chi connectivity index (χ1v) is 6.64. The number of anilines is 1. The molecule has 0 radical (unpaired) electrons. The lowest BCUT2D eigenvalue weighted by Crippen LogP contribution is -2.23. The van der Waals surface area contributed by atoms with E-state index in [0.29, 0.717) is 17.8 Å². The highest BCUT2D eigenvalue weighted by atomic mass is 35.5. The predicted molar refractivity (Wildman–Crippen MR) is 76.1 cm³/mol. The maximum atomic E-state index is 12.0. The van der Waals surface area contributed by atoms with E-state index in [1.807, 2.05) is 25.1 Å². The molecule has 1 aromatic carbocycles. The zero-order chi connectivity index (χ0) is 13.1. The molecular formula is C13H13ClN2OS. The van der Waals surface area contributed by atoms with Gasteiger partial charge in [0.1, 0.15) is 0 Å². The Labute approximate surface area is 115 Å². The second kappa shape index (κ2) is 5.42. The van der Waals surface area contributed by atoms with E-state index in [9.17, 15) is 4.79 Å². The molecule has 0 bridgehead atoms. The Bertz CT molecular complexity index is 580. The third-order valence-electron chi connectivity index (χ3n) is 2.56. The number of thiophene rings is 1. The summed E-state index contributed by atoms with van der Waals surface area (Å²) < 4.78 is 0.722. The molecule has 3 N–H and O–H groups in total. The number of benzene rings is 1. The number of nitrogens with one attached hydrogen (secondary N) is 1. The molecule has 0 atom stereocenters. The third-order valence-corrected chi connectivity index (χ3v) is 3.79. The van der Waals surface area contributed by atoms with Gasteiger partial charge in [0.25, 0.3) is 5.91 Å². The number of amides is 1. The summed E-state index contributed by atoms with van der Waals surface area (Å²) in [7, 11) is 0. The van der Waals surface area contributed by atoms with Crippen LogP contribution in [0.25, 0.3) is 0 Å². The summed E-state index contributed by atoms with van der Waals surface area (Å²) in [6.07, 6.45) is 0. The number of hydrogen-bond donors (Lipinski definition) is 2. The molecule has 0 aliphatic rings. The van der Waals surface area contributed by atoms with Crippen LogP contribution in [0.15, 0.2) is 30.3 Å². The number of rotatable bonds is 3. The number of aryl methyl sites for hydroxylation is 1. The number of nitrogen functional groups attached to an aromatic ring is 1. The highest BCUT2D eigenvalue weighted by Gasteiger charge is 2.09. The first-order valence-electron chi connectivity index (χ1n) is 5.45. The Balaban J connectivity index is 2.05. The largest absolute Gasteiger partial charge is 0.399 e. The van der Waals surface area contributed by atoms with Crippen molar-refractivity contribution in [3.05, 3.63) is 50.7 Å². The summed E-state index contributed by atoms with van der Waals surface area (Å²) >= 11 is 7.29. The molecule has 0 saturated carbocycles. The fraction of sp³-hybridized carbons (Fsp3) is 0.154. The van der Waals surface area contributed by atoms with Crippen LogP contribution in [0.5, 0.6) is 0 Å². The predicted octanol–water partition coefficient (Wildman–Crippen LogP) is 3.22. The van der Waals surface area contributed by atoms with Crippen molar-refractivity contribution in [2.75, 3.05) is 5.73 Å². The van der Waals surface area contributed by atoms with E-state index < -0.39 is 0 Å². The fourth-order valence-electron chi connectivity index (χ4n) is 1.59. The van der Waals surface area contributed by atoms with Gasteiger partial charge < -0.3 is 11.1 Å². The minimum atomic E-state index is -0.121.